The molecular weight excluding hydrogens is 355 g/mol. The minimum Gasteiger partial charge on any atom is -0.396 e. The zero-order valence-electron chi connectivity index (χ0n) is 16.1. The van der Waals surface area contributed by atoms with Crippen LogP contribution in [0.4, 0.5) is 4.39 Å². The van der Waals surface area contributed by atoms with Crippen LogP contribution in [-0.4, -0.2) is 53.6 Å². The minimum absolute atomic E-state index is 0.0372. The summed E-state index contributed by atoms with van der Waals surface area (Å²) >= 11 is 0. The summed E-state index contributed by atoms with van der Waals surface area (Å²) in [6, 6.07) is 16.6. The van der Waals surface area contributed by atoms with E-state index in [1.165, 1.54) is 11.6 Å². The fraction of sp³-hybridized carbons (Fsp3) is 0.435. The third kappa shape index (κ3) is 3.69. The lowest BCUT2D eigenvalue weighted by Crippen LogP contribution is -2.47. The van der Waals surface area contributed by atoms with E-state index in [2.05, 4.69) is 29.2 Å². The summed E-state index contributed by atoms with van der Waals surface area (Å²) in [5.74, 6) is -0.467. The highest BCUT2D eigenvalue weighted by atomic mass is 19.1. The summed E-state index contributed by atoms with van der Waals surface area (Å²) in [7, 11) is 0. The molecule has 2 fully saturated rings. The summed E-state index contributed by atoms with van der Waals surface area (Å²) in [4.78, 5) is 16.9. The molecule has 4 rings (SSSR count). The summed E-state index contributed by atoms with van der Waals surface area (Å²) in [6.45, 7) is 4.11. The Morgan fingerprint density at radius 3 is 2.43 bits per heavy atom. The monoisotopic (exact) mass is 382 g/mol. The molecule has 1 atom stereocenters. The van der Waals surface area contributed by atoms with Crippen LogP contribution < -0.4 is 0 Å². The fourth-order valence-electron chi connectivity index (χ4n) is 4.88. The predicted molar refractivity (Wildman–Crippen MR) is 106 cm³/mol. The number of halogens is 1. The Morgan fingerprint density at radius 1 is 1.07 bits per heavy atom. The smallest absolute Gasteiger partial charge is 0.256 e. The lowest BCUT2D eigenvalue weighted by atomic mass is 9.71. The molecule has 28 heavy (non-hydrogen) atoms. The first-order valence-electron chi connectivity index (χ1n) is 10.0. The highest BCUT2D eigenvalue weighted by Crippen LogP contribution is 2.45. The van der Waals surface area contributed by atoms with E-state index >= 15 is 0 Å². The quantitative estimate of drug-likeness (QED) is 0.883. The molecule has 148 valence electrons. The summed E-state index contributed by atoms with van der Waals surface area (Å²) < 4.78 is 14.0. The van der Waals surface area contributed by atoms with Crippen LogP contribution in [0.3, 0.4) is 0 Å². The molecule has 4 nitrogen and oxygen atoms in total. The highest BCUT2D eigenvalue weighted by Gasteiger charge is 2.48. The van der Waals surface area contributed by atoms with E-state index < -0.39 is 5.82 Å². The summed E-state index contributed by atoms with van der Waals surface area (Å²) in [6.07, 6.45) is 1.70. The number of hydrogen-bond acceptors (Lipinski definition) is 3. The first-order valence-corrected chi connectivity index (χ1v) is 10.0. The number of likely N-dealkylation sites (tertiary alicyclic amines) is 2. The molecule has 1 amide bonds. The molecule has 1 N–H and O–H groups in total. The second kappa shape index (κ2) is 8.02. The Morgan fingerprint density at radius 2 is 1.75 bits per heavy atom. The van der Waals surface area contributed by atoms with Gasteiger partial charge in [0.25, 0.3) is 5.91 Å². The number of carbonyl (C=O) groups excluding carboxylic acids is 1. The van der Waals surface area contributed by atoms with Gasteiger partial charge in [-0.05, 0) is 36.0 Å². The van der Waals surface area contributed by atoms with E-state index in [-0.39, 0.29) is 29.4 Å². The van der Waals surface area contributed by atoms with Gasteiger partial charge in [0.2, 0.25) is 0 Å². The fourth-order valence-corrected chi connectivity index (χ4v) is 4.88. The van der Waals surface area contributed by atoms with Gasteiger partial charge in [0.15, 0.2) is 0 Å². The molecule has 2 saturated heterocycles. The number of benzene rings is 2. The number of rotatable bonds is 4. The Hall–Kier alpha value is -2.24. The van der Waals surface area contributed by atoms with E-state index in [9.17, 15) is 14.3 Å². The van der Waals surface area contributed by atoms with Crippen LogP contribution in [0, 0.1) is 17.2 Å². The molecule has 5 heteroatoms. The molecule has 0 radical (unpaired) electrons. The zero-order chi connectivity index (χ0) is 19.6. The zero-order valence-corrected chi connectivity index (χ0v) is 16.1. The van der Waals surface area contributed by atoms with Gasteiger partial charge in [-0.25, -0.2) is 4.39 Å². The van der Waals surface area contributed by atoms with Crippen molar-refractivity contribution in [2.24, 2.45) is 11.3 Å². The highest BCUT2D eigenvalue weighted by molar-refractivity contribution is 5.94. The maximum Gasteiger partial charge on any atom is 0.256 e. The first kappa shape index (κ1) is 19.1. The number of hydrogen-bond donors (Lipinski definition) is 1. The molecule has 1 unspecified atom stereocenters. The standard InChI is InChI=1S/C23H27FN2O2/c24-21-9-5-4-8-20(21)22(28)26-12-10-23(11-13-26)17-25(15-19(23)16-27)14-18-6-2-1-3-7-18/h1-9,19,27H,10-17H2. The third-order valence-corrected chi connectivity index (χ3v) is 6.50. The average Bonchev–Trinajstić information content (AvgIpc) is 3.05. The number of amides is 1. The van der Waals surface area contributed by atoms with Crippen molar-refractivity contribution in [3.05, 3.63) is 71.5 Å². The van der Waals surface area contributed by atoms with Crippen molar-refractivity contribution in [3.8, 4) is 0 Å². The van der Waals surface area contributed by atoms with Gasteiger partial charge in [-0.3, -0.25) is 9.69 Å². The van der Waals surface area contributed by atoms with Crippen LogP contribution in [0.15, 0.2) is 54.6 Å². The van der Waals surface area contributed by atoms with Gasteiger partial charge in [-0.15, -0.1) is 0 Å². The Balaban J connectivity index is 1.42. The predicted octanol–water partition coefficient (Wildman–Crippen LogP) is 3.17. The second-order valence-electron chi connectivity index (χ2n) is 8.17. The van der Waals surface area contributed by atoms with E-state index in [1.54, 1.807) is 23.1 Å². The Bertz CT molecular complexity index is 818. The van der Waals surface area contributed by atoms with Gasteiger partial charge in [0, 0.05) is 45.2 Å². The number of nitrogens with zero attached hydrogens (tertiary/aromatic N) is 2. The molecule has 0 aliphatic carbocycles. The number of carbonyl (C=O) groups is 1. The molecule has 2 aliphatic rings. The van der Waals surface area contributed by atoms with E-state index in [1.807, 2.05) is 6.07 Å². The summed E-state index contributed by atoms with van der Waals surface area (Å²) in [5.41, 5.74) is 1.47. The van der Waals surface area contributed by atoms with Gasteiger partial charge < -0.3 is 10.0 Å². The first-order chi connectivity index (χ1) is 13.6. The van der Waals surface area contributed by atoms with Crippen LogP contribution in [0.2, 0.25) is 0 Å². The van der Waals surface area contributed by atoms with Crippen molar-refractivity contribution >= 4 is 5.91 Å². The maximum atomic E-state index is 14.0. The Kier molecular flexibility index (Phi) is 5.47. The topological polar surface area (TPSA) is 43.8 Å². The average molecular weight is 382 g/mol. The van der Waals surface area contributed by atoms with Gasteiger partial charge in [0.1, 0.15) is 5.82 Å². The van der Waals surface area contributed by atoms with Crippen molar-refractivity contribution in [3.63, 3.8) is 0 Å². The third-order valence-electron chi connectivity index (χ3n) is 6.50. The van der Waals surface area contributed by atoms with Crippen molar-refractivity contribution in [2.75, 3.05) is 32.8 Å². The number of aliphatic hydroxyl groups is 1. The normalized spacial score (nSPS) is 21.9. The van der Waals surface area contributed by atoms with Gasteiger partial charge in [-0.1, -0.05) is 42.5 Å². The molecule has 2 aliphatic heterocycles. The molecule has 0 aromatic heterocycles. The molecule has 0 saturated carbocycles. The molecule has 2 aromatic rings. The van der Waals surface area contributed by atoms with Gasteiger partial charge >= 0.3 is 0 Å². The Labute approximate surface area is 165 Å². The van der Waals surface area contributed by atoms with Crippen LogP contribution in [0.5, 0.6) is 0 Å². The van der Waals surface area contributed by atoms with Crippen molar-refractivity contribution in [2.45, 2.75) is 19.4 Å². The summed E-state index contributed by atoms with van der Waals surface area (Å²) in [5, 5.41) is 10.0. The molecular formula is C23H27FN2O2. The van der Waals surface area contributed by atoms with Crippen molar-refractivity contribution in [1.29, 1.82) is 0 Å². The minimum atomic E-state index is -0.462. The lowest BCUT2D eigenvalue weighted by Gasteiger charge is -2.42. The van der Waals surface area contributed by atoms with Gasteiger partial charge in [0.05, 0.1) is 5.56 Å². The van der Waals surface area contributed by atoms with Crippen molar-refractivity contribution < 1.29 is 14.3 Å². The number of aliphatic hydroxyl groups excluding tert-OH is 1. The van der Waals surface area contributed by atoms with Crippen molar-refractivity contribution in [1.82, 2.24) is 9.80 Å². The van der Waals surface area contributed by atoms with E-state index in [0.29, 0.717) is 13.1 Å². The lowest BCUT2D eigenvalue weighted by molar-refractivity contribution is 0.0398. The SMILES string of the molecule is O=C(c1ccccc1F)N1CCC2(CC1)CN(Cc1ccccc1)CC2CO. The van der Waals surface area contributed by atoms with Crippen LogP contribution >= 0.6 is 0 Å². The largest absolute Gasteiger partial charge is 0.396 e. The van der Waals surface area contributed by atoms with Crippen LogP contribution in [0.25, 0.3) is 0 Å². The van der Waals surface area contributed by atoms with Gasteiger partial charge in [-0.2, -0.15) is 0 Å². The molecule has 2 aromatic carbocycles. The van der Waals surface area contributed by atoms with E-state index in [4.69, 9.17) is 0 Å². The maximum absolute atomic E-state index is 14.0. The number of piperidine rings is 1. The molecule has 2 heterocycles. The second-order valence-corrected chi connectivity index (χ2v) is 8.17. The molecule has 1 spiro atoms. The van der Waals surface area contributed by atoms with E-state index in [0.717, 1.165) is 32.5 Å². The van der Waals surface area contributed by atoms with Crippen LogP contribution in [-0.2, 0) is 6.54 Å². The van der Waals surface area contributed by atoms with Crippen LogP contribution in [0.1, 0.15) is 28.8 Å². The molecule has 0 bridgehead atoms.